The first-order valence-corrected chi connectivity index (χ1v) is 9.75. The molecular weight excluding hydrogens is 357 g/mol. The highest BCUT2D eigenvalue weighted by molar-refractivity contribution is 8.01. The first-order valence-electron chi connectivity index (χ1n) is 8.55. The monoisotopic (exact) mass is 375 g/mol. The standard InChI is InChI=1S/C20H19ClFNOS/c21-16-4-6-18(7-5-16)25-20(9-10-20)19(24)23-11-8-15(13-23)14-2-1-3-17(22)12-14/h1-7,12,15H,8-11,13H2. The summed E-state index contributed by atoms with van der Waals surface area (Å²) in [6, 6.07) is 14.4. The van der Waals surface area contributed by atoms with E-state index < -0.39 is 0 Å². The Morgan fingerprint density at radius 1 is 1.20 bits per heavy atom. The average molecular weight is 376 g/mol. The molecule has 1 heterocycles. The van der Waals surface area contributed by atoms with Gasteiger partial charge in [-0.1, -0.05) is 23.7 Å². The predicted octanol–water partition coefficient (Wildman–Crippen LogP) is 5.12. The molecule has 0 bridgehead atoms. The van der Waals surface area contributed by atoms with Gasteiger partial charge in [-0.05, 0) is 61.2 Å². The fourth-order valence-electron chi connectivity index (χ4n) is 3.47. The second kappa shape index (κ2) is 6.65. The van der Waals surface area contributed by atoms with Crippen LogP contribution in [0.2, 0.25) is 5.02 Å². The van der Waals surface area contributed by atoms with Gasteiger partial charge in [0.05, 0.1) is 4.75 Å². The van der Waals surface area contributed by atoms with Crippen molar-refractivity contribution in [3.63, 3.8) is 0 Å². The Hall–Kier alpha value is -1.52. The summed E-state index contributed by atoms with van der Waals surface area (Å²) in [6.45, 7) is 1.44. The molecule has 0 spiro atoms. The molecule has 2 aromatic rings. The van der Waals surface area contributed by atoms with Gasteiger partial charge in [-0.15, -0.1) is 11.8 Å². The number of benzene rings is 2. The van der Waals surface area contributed by atoms with Crippen LogP contribution in [0.25, 0.3) is 0 Å². The van der Waals surface area contributed by atoms with Gasteiger partial charge in [-0.25, -0.2) is 4.39 Å². The van der Waals surface area contributed by atoms with Crippen molar-refractivity contribution in [1.29, 1.82) is 0 Å². The molecule has 2 nitrogen and oxygen atoms in total. The zero-order valence-corrected chi connectivity index (χ0v) is 15.3. The summed E-state index contributed by atoms with van der Waals surface area (Å²) in [7, 11) is 0. The maximum absolute atomic E-state index is 13.5. The van der Waals surface area contributed by atoms with Crippen molar-refractivity contribution in [2.45, 2.75) is 34.8 Å². The molecule has 4 rings (SSSR count). The van der Waals surface area contributed by atoms with Gasteiger partial charge in [0.1, 0.15) is 5.82 Å². The van der Waals surface area contributed by atoms with E-state index in [9.17, 15) is 9.18 Å². The molecule has 0 radical (unpaired) electrons. The highest BCUT2D eigenvalue weighted by Crippen LogP contribution is 2.53. The third-order valence-electron chi connectivity index (χ3n) is 5.02. The van der Waals surface area contributed by atoms with Gasteiger partial charge in [0, 0.05) is 28.9 Å². The van der Waals surface area contributed by atoms with Crippen molar-refractivity contribution in [2.24, 2.45) is 0 Å². The van der Waals surface area contributed by atoms with Gasteiger partial charge in [-0.3, -0.25) is 4.79 Å². The lowest BCUT2D eigenvalue weighted by Gasteiger charge is -2.23. The van der Waals surface area contributed by atoms with Crippen molar-refractivity contribution >= 4 is 29.3 Å². The van der Waals surface area contributed by atoms with Crippen LogP contribution in [0.15, 0.2) is 53.4 Å². The van der Waals surface area contributed by atoms with Crippen molar-refractivity contribution in [2.75, 3.05) is 13.1 Å². The summed E-state index contributed by atoms with van der Waals surface area (Å²) in [5, 5.41) is 0.706. The number of carbonyl (C=O) groups excluding carboxylic acids is 1. The first kappa shape index (κ1) is 16.9. The molecule has 1 saturated carbocycles. The van der Waals surface area contributed by atoms with Crippen LogP contribution in [0.5, 0.6) is 0 Å². The third kappa shape index (κ3) is 3.56. The predicted molar refractivity (Wildman–Crippen MR) is 99.6 cm³/mol. The van der Waals surface area contributed by atoms with Crippen LogP contribution in [0.1, 0.15) is 30.7 Å². The van der Waals surface area contributed by atoms with Gasteiger partial charge >= 0.3 is 0 Å². The molecule has 0 N–H and O–H groups in total. The zero-order chi connectivity index (χ0) is 17.4. The van der Waals surface area contributed by atoms with E-state index in [0.717, 1.165) is 36.3 Å². The highest BCUT2D eigenvalue weighted by atomic mass is 35.5. The van der Waals surface area contributed by atoms with E-state index in [4.69, 9.17) is 11.6 Å². The fraction of sp³-hybridized carbons (Fsp3) is 0.350. The lowest BCUT2D eigenvalue weighted by atomic mass is 9.98. The van der Waals surface area contributed by atoms with E-state index in [0.29, 0.717) is 11.6 Å². The molecule has 0 aromatic heterocycles. The maximum atomic E-state index is 13.5. The topological polar surface area (TPSA) is 20.3 Å². The van der Waals surface area contributed by atoms with Crippen molar-refractivity contribution in [3.8, 4) is 0 Å². The molecule has 130 valence electrons. The van der Waals surface area contributed by atoms with Crippen LogP contribution in [-0.2, 0) is 4.79 Å². The molecule has 25 heavy (non-hydrogen) atoms. The number of likely N-dealkylation sites (tertiary alicyclic amines) is 1. The molecule has 1 amide bonds. The van der Waals surface area contributed by atoms with E-state index in [-0.39, 0.29) is 22.4 Å². The van der Waals surface area contributed by atoms with Crippen LogP contribution in [-0.4, -0.2) is 28.6 Å². The second-order valence-electron chi connectivity index (χ2n) is 6.84. The molecule has 2 aromatic carbocycles. The molecule has 5 heteroatoms. The van der Waals surface area contributed by atoms with E-state index in [2.05, 4.69) is 0 Å². The number of thioether (sulfide) groups is 1. The number of rotatable bonds is 4. The van der Waals surface area contributed by atoms with Crippen LogP contribution < -0.4 is 0 Å². The van der Waals surface area contributed by atoms with E-state index in [1.54, 1.807) is 23.9 Å². The fourth-order valence-corrected chi connectivity index (χ4v) is 4.84. The third-order valence-corrected chi connectivity index (χ3v) is 6.75. The van der Waals surface area contributed by atoms with Crippen LogP contribution in [0.3, 0.4) is 0 Å². The van der Waals surface area contributed by atoms with Gasteiger partial charge in [0.2, 0.25) is 5.91 Å². The smallest absolute Gasteiger partial charge is 0.239 e. The Labute approximate surface area is 156 Å². The Bertz CT molecular complexity index is 791. The number of hydrogen-bond acceptors (Lipinski definition) is 2. The van der Waals surface area contributed by atoms with Gasteiger partial charge < -0.3 is 4.90 Å². The van der Waals surface area contributed by atoms with E-state index in [1.165, 1.54) is 6.07 Å². The minimum absolute atomic E-state index is 0.209. The number of nitrogens with zero attached hydrogens (tertiary/aromatic N) is 1. The molecule has 2 aliphatic rings. The quantitative estimate of drug-likeness (QED) is 0.739. The van der Waals surface area contributed by atoms with Crippen molar-refractivity contribution in [3.05, 3.63) is 64.9 Å². The molecular formula is C20H19ClFNOS. The van der Waals surface area contributed by atoms with Crippen molar-refractivity contribution in [1.82, 2.24) is 4.90 Å². The van der Waals surface area contributed by atoms with Crippen LogP contribution in [0.4, 0.5) is 4.39 Å². The minimum atomic E-state index is -0.315. The summed E-state index contributed by atoms with van der Waals surface area (Å²) < 4.78 is 13.1. The second-order valence-corrected chi connectivity index (χ2v) is 8.74. The normalized spacial score (nSPS) is 21.4. The Morgan fingerprint density at radius 2 is 1.96 bits per heavy atom. The molecule has 1 aliphatic heterocycles. The van der Waals surface area contributed by atoms with Crippen LogP contribution in [0, 0.1) is 5.82 Å². The molecule has 1 aliphatic carbocycles. The van der Waals surface area contributed by atoms with Gasteiger partial charge in [0.25, 0.3) is 0 Å². The maximum Gasteiger partial charge on any atom is 0.239 e. The summed E-state index contributed by atoms with van der Waals surface area (Å²) >= 11 is 7.59. The zero-order valence-electron chi connectivity index (χ0n) is 13.8. The van der Waals surface area contributed by atoms with Crippen LogP contribution >= 0.6 is 23.4 Å². The molecule has 1 atom stereocenters. The number of hydrogen-bond donors (Lipinski definition) is 0. The number of carbonyl (C=O) groups is 1. The first-order chi connectivity index (χ1) is 12.1. The van der Waals surface area contributed by atoms with Gasteiger partial charge in [0.15, 0.2) is 0 Å². The largest absolute Gasteiger partial charge is 0.341 e. The number of halogens is 2. The lowest BCUT2D eigenvalue weighted by Crippen LogP contribution is -2.37. The van der Waals surface area contributed by atoms with E-state index >= 15 is 0 Å². The lowest BCUT2D eigenvalue weighted by molar-refractivity contribution is -0.130. The molecule has 2 fully saturated rings. The Morgan fingerprint density at radius 3 is 2.64 bits per heavy atom. The number of amides is 1. The summed E-state index contributed by atoms with van der Waals surface area (Å²) in [4.78, 5) is 16.1. The highest BCUT2D eigenvalue weighted by Gasteiger charge is 2.53. The average Bonchev–Trinajstić information content (AvgIpc) is 3.22. The SMILES string of the molecule is O=C(N1CCC(c2cccc(F)c2)C1)C1(Sc2ccc(Cl)cc2)CC1. The molecule has 1 unspecified atom stereocenters. The summed E-state index contributed by atoms with van der Waals surface area (Å²) in [6.07, 6.45) is 2.73. The van der Waals surface area contributed by atoms with E-state index in [1.807, 2.05) is 35.2 Å². The summed E-state index contributed by atoms with van der Waals surface area (Å²) in [5.74, 6) is 0.251. The van der Waals surface area contributed by atoms with Gasteiger partial charge in [-0.2, -0.15) is 0 Å². The Kier molecular flexibility index (Phi) is 4.50. The Balaban J connectivity index is 1.43. The summed E-state index contributed by atoms with van der Waals surface area (Å²) in [5.41, 5.74) is 0.991. The van der Waals surface area contributed by atoms with Crippen molar-refractivity contribution < 1.29 is 9.18 Å². The molecule has 1 saturated heterocycles. The minimum Gasteiger partial charge on any atom is -0.341 e.